The standard InChI is InChI=1S/C7H3F3N2O6/c8-7(9,10)18-4-3(6(14)15)2(13)1-11-5(4)12(16)17/h1,13H,(H,14,15). The second-order valence-corrected chi connectivity index (χ2v) is 2.78. The van der Waals surface area contributed by atoms with E-state index < -0.39 is 40.1 Å². The summed E-state index contributed by atoms with van der Waals surface area (Å²) in [7, 11) is 0. The van der Waals surface area contributed by atoms with E-state index in [2.05, 4.69) is 9.72 Å². The molecule has 1 aromatic heterocycles. The maximum Gasteiger partial charge on any atom is 0.573 e. The number of rotatable bonds is 3. The average molecular weight is 268 g/mol. The maximum atomic E-state index is 12.0. The molecule has 0 aromatic carbocycles. The number of nitro groups is 1. The fourth-order valence-corrected chi connectivity index (χ4v) is 1.02. The first-order valence-electron chi connectivity index (χ1n) is 3.99. The molecule has 0 spiro atoms. The molecule has 98 valence electrons. The van der Waals surface area contributed by atoms with Crippen molar-refractivity contribution < 1.29 is 37.8 Å². The molecule has 0 saturated carbocycles. The predicted octanol–water partition coefficient (Wildman–Crippen LogP) is 1.29. The van der Waals surface area contributed by atoms with Gasteiger partial charge in [-0.2, -0.15) is 0 Å². The Morgan fingerprint density at radius 3 is 2.44 bits per heavy atom. The molecular formula is C7H3F3N2O6. The normalized spacial score (nSPS) is 11.1. The second-order valence-electron chi connectivity index (χ2n) is 2.78. The maximum absolute atomic E-state index is 12.0. The number of nitrogens with zero attached hydrogens (tertiary/aromatic N) is 2. The number of pyridine rings is 1. The minimum Gasteiger partial charge on any atom is -0.504 e. The minimum atomic E-state index is -5.37. The van der Waals surface area contributed by atoms with Gasteiger partial charge in [-0.15, -0.1) is 13.2 Å². The van der Waals surface area contributed by atoms with Crippen LogP contribution in [-0.4, -0.2) is 32.5 Å². The molecule has 0 aliphatic heterocycles. The van der Waals surface area contributed by atoms with Gasteiger partial charge in [0.2, 0.25) is 5.75 Å². The van der Waals surface area contributed by atoms with Crippen LogP contribution in [0.3, 0.4) is 0 Å². The van der Waals surface area contributed by atoms with Gasteiger partial charge in [0.25, 0.3) is 0 Å². The molecule has 2 N–H and O–H groups in total. The van der Waals surface area contributed by atoms with Crippen molar-refractivity contribution in [2.24, 2.45) is 0 Å². The fraction of sp³-hybridized carbons (Fsp3) is 0.143. The van der Waals surface area contributed by atoms with Crippen molar-refractivity contribution >= 4 is 11.8 Å². The molecule has 0 atom stereocenters. The van der Waals surface area contributed by atoms with Crippen molar-refractivity contribution in [2.45, 2.75) is 6.36 Å². The summed E-state index contributed by atoms with van der Waals surface area (Å²) in [6, 6.07) is 0. The first kappa shape index (κ1) is 13.5. The highest BCUT2D eigenvalue weighted by atomic mass is 19.4. The Morgan fingerprint density at radius 1 is 1.50 bits per heavy atom. The van der Waals surface area contributed by atoms with E-state index in [1.807, 2.05) is 0 Å². The van der Waals surface area contributed by atoms with Gasteiger partial charge < -0.3 is 25.1 Å². The predicted molar refractivity (Wildman–Crippen MR) is 46.2 cm³/mol. The summed E-state index contributed by atoms with van der Waals surface area (Å²) in [4.78, 5) is 22.6. The molecular weight excluding hydrogens is 265 g/mol. The van der Waals surface area contributed by atoms with Gasteiger partial charge >= 0.3 is 18.1 Å². The van der Waals surface area contributed by atoms with Crippen LogP contribution in [0.2, 0.25) is 0 Å². The third kappa shape index (κ3) is 2.75. The van der Waals surface area contributed by atoms with Gasteiger partial charge in [-0.1, -0.05) is 0 Å². The van der Waals surface area contributed by atoms with Gasteiger partial charge in [-0.05, 0) is 9.91 Å². The number of carboxylic acids is 1. The molecule has 0 amide bonds. The number of halogens is 3. The topological polar surface area (TPSA) is 123 Å². The van der Waals surface area contributed by atoms with Crippen molar-refractivity contribution in [1.29, 1.82) is 0 Å². The zero-order valence-corrected chi connectivity index (χ0v) is 8.13. The smallest absolute Gasteiger partial charge is 0.504 e. The first-order chi connectivity index (χ1) is 8.13. The van der Waals surface area contributed by atoms with E-state index in [0.717, 1.165) is 0 Å². The quantitative estimate of drug-likeness (QED) is 0.625. The minimum absolute atomic E-state index is 0.338. The van der Waals surface area contributed by atoms with Gasteiger partial charge in [0.1, 0.15) is 0 Å². The third-order valence-corrected chi connectivity index (χ3v) is 1.60. The Bertz CT molecular complexity index is 515. The number of carbonyl (C=O) groups is 1. The lowest BCUT2D eigenvalue weighted by molar-refractivity contribution is -0.393. The molecule has 0 aliphatic rings. The highest BCUT2D eigenvalue weighted by Crippen LogP contribution is 2.37. The van der Waals surface area contributed by atoms with E-state index in [0.29, 0.717) is 6.20 Å². The van der Waals surface area contributed by atoms with Gasteiger partial charge in [-0.25, -0.2) is 4.79 Å². The second kappa shape index (κ2) is 4.35. The number of alkyl halides is 3. The summed E-state index contributed by atoms with van der Waals surface area (Å²) in [6.45, 7) is 0. The molecule has 0 bridgehead atoms. The molecule has 8 nitrogen and oxygen atoms in total. The lowest BCUT2D eigenvalue weighted by Gasteiger charge is -2.11. The summed E-state index contributed by atoms with van der Waals surface area (Å²) in [5, 5.41) is 28.1. The number of aromatic nitrogens is 1. The molecule has 1 rings (SSSR count). The van der Waals surface area contributed by atoms with Gasteiger partial charge in [0.05, 0.1) is 0 Å². The van der Waals surface area contributed by atoms with Crippen molar-refractivity contribution in [3.8, 4) is 11.5 Å². The number of carboxylic acid groups (broad SMARTS) is 1. The van der Waals surface area contributed by atoms with Crippen LogP contribution < -0.4 is 4.74 Å². The molecule has 0 saturated heterocycles. The number of hydrogen-bond acceptors (Lipinski definition) is 6. The highest BCUT2D eigenvalue weighted by molar-refractivity contribution is 5.95. The van der Waals surface area contributed by atoms with Crippen LogP contribution in [0, 0.1) is 10.1 Å². The van der Waals surface area contributed by atoms with Crippen LogP contribution in [0.15, 0.2) is 6.20 Å². The van der Waals surface area contributed by atoms with Crippen LogP contribution in [0.1, 0.15) is 10.4 Å². The van der Waals surface area contributed by atoms with Crippen LogP contribution in [0.25, 0.3) is 0 Å². The summed E-state index contributed by atoms with van der Waals surface area (Å²) >= 11 is 0. The first-order valence-corrected chi connectivity index (χ1v) is 3.99. The van der Waals surface area contributed by atoms with Crippen LogP contribution in [0.5, 0.6) is 11.5 Å². The van der Waals surface area contributed by atoms with E-state index in [1.54, 1.807) is 0 Å². The lowest BCUT2D eigenvalue weighted by Crippen LogP contribution is -2.20. The molecule has 18 heavy (non-hydrogen) atoms. The number of aromatic carboxylic acids is 1. The van der Waals surface area contributed by atoms with Crippen LogP contribution in [0.4, 0.5) is 19.0 Å². The van der Waals surface area contributed by atoms with Crippen molar-refractivity contribution in [3.05, 3.63) is 21.9 Å². The lowest BCUT2D eigenvalue weighted by atomic mass is 10.2. The van der Waals surface area contributed by atoms with Gasteiger partial charge in [-0.3, -0.25) is 0 Å². The van der Waals surface area contributed by atoms with E-state index in [1.165, 1.54) is 0 Å². The highest BCUT2D eigenvalue weighted by Gasteiger charge is 2.39. The monoisotopic (exact) mass is 268 g/mol. The Hall–Kier alpha value is -2.59. The van der Waals surface area contributed by atoms with Crippen molar-refractivity contribution in [3.63, 3.8) is 0 Å². The summed E-state index contributed by atoms with van der Waals surface area (Å²) in [6.07, 6.45) is -5.03. The number of ether oxygens (including phenoxy) is 1. The number of aromatic hydroxyl groups is 1. The molecule has 0 radical (unpaired) electrons. The van der Waals surface area contributed by atoms with E-state index in [4.69, 9.17) is 10.2 Å². The Balaban J connectivity index is 3.53. The third-order valence-electron chi connectivity index (χ3n) is 1.60. The molecule has 1 aromatic rings. The Morgan fingerprint density at radius 2 is 2.06 bits per heavy atom. The summed E-state index contributed by atoms with van der Waals surface area (Å²) in [5.74, 6) is -6.37. The van der Waals surface area contributed by atoms with Crippen molar-refractivity contribution in [1.82, 2.24) is 4.98 Å². The summed E-state index contributed by atoms with van der Waals surface area (Å²) in [5.41, 5.74) is -1.39. The SMILES string of the molecule is O=C(O)c1c(O)cnc([N+](=O)[O-])c1OC(F)(F)F. The molecule has 0 unspecified atom stereocenters. The van der Waals surface area contributed by atoms with Gasteiger partial charge in [0.15, 0.2) is 17.5 Å². The zero-order valence-electron chi connectivity index (χ0n) is 8.13. The molecule has 0 fully saturated rings. The van der Waals surface area contributed by atoms with Crippen molar-refractivity contribution in [2.75, 3.05) is 0 Å². The van der Waals surface area contributed by atoms with Crippen LogP contribution >= 0.6 is 0 Å². The number of hydrogen-bond donors (Lipinski definition) is 2. The van der Waals surface area contributed by atoms with Gasteiger partial charge in [0, 0.05) is 0 Å². The Labute approximate surface area is 95.4 Å². The molecule has 1 heterocycles. The average Bonchev–Trinajstić information content (AvgIpc) is 2.13. The zero-order chi connectivity index (χ0) is 14.1. The fourth-order valence-electron chi connectivity index (χ4n) is 1.02. The summed E-state index contributed by atoms with van der Waals surface area (Å²) < 4.78 is 39.3. The Kier molecular flexibility index (Phi) is 3.26. The van der Waals surface area contributed by atoms with E-state index in [9.17, 15) is 28.1 Å². The molecule has 0 aliphatic carbocycles. The largest absolute Gasteiger partial charge is 0.573 e. The van der Waals surface area contributed by atoms with Crippen LogP contribution in [-0.2, 0) is 0 Å². The molecule has 11 heteroatoms. The van der Waals surface area contributed by atoms with E-state index >= 15 is 0 Å². The van der Waals surface area contributed by atoms with E-state index in [-0.39, 0.29) is 0 Å².